The SMILES string of the molecule is CCCOC1(CNC(=NC)N(C)CC(=O)NC(C)(C)C)CCCCC1. The van der Waals surface area contributed by atoms with Crippen molar-refractivity contribution in [2.45, 2.75) is 77.4 Å². The molecule has 1 rings (SSSR count). The van der Waals surface area contributed by atoms with Gasteiger partial charge in [0.2, 0.25) is 5.91 Å². The molecule has 0 radical (unpaired) electrons. The number of guanidine groups is 1. The zero-order valence-electron chi connectivity index (χ0n) is 17.1. The highest BCUT2D eigenvalue weighted by Gasteiger charge is 2.33. The van der Waals surface area contributed by atoms with Crippen LogP contribution in [0, 0.1) is 0 Å². The molecule has 0 heterocycles. The molecule has 1 fully saturated rings. The van der Waals surface area contributed by atoms with Gasteiger partial charge >= 0.3 is 0 Å². The number of rotatable bonds is 7. The molecule has 0 aromatic rings. The Morgan fingerprint density at radius 3 is 2.40 bits per heavy atom. The summed E-state index contributed by atoms with van der Waals surface area (Å²) in [5.74, 6) is 0.724. The van der Waals surface area contributed by atoms with Crippen molar-refractivity contribution in [2.24, 2.45) is 4.99 Å². The predicted molar refractivity (Wildman–Crippen MR) is 104 cm³/mol. The van der Waals surface area contributed by atoms with E-state index in [4.69, 9.17) is 4.74 Å². The minimum Gasteiger partial charge on any atom is -0.373 e. The summed E-state index contributed by atoms with van der Waals surface area (Å²) < 4.78 is 6.23. The van der Waals surface area contributed by atoms with Crippen molar-refractivity contribution in [1.82, 2.24) is 15.5 Å². The van der Waals surface area contributed by atoms with Crippen LogP contribution in [0.25, 0.3) is 0 Å². The quantitative estimate of drug-likeness (QED) is 0.545. The third-order valence-electron chi connectivity index (χ3n) is 4.41. The average Bonchev–Trinajstić information content (AvgIpc) is 2.52. The number of hydrogen-bond acceptors (Lipinski definition) is 3. The molecule has 0 saturated heterocycles. The number of carbonyl (C=O) groups excluding carboxylic acids is 1. The highest BCUT2D eigenvalue weighted by molar-refractivity contribution is 5.86. The number of likely N-dealkylation sites (N-methyl/N-ethyl adjacent to an activating group) is 1. The fourth-order valence-electron chi connectivity index (χ4n) is 3.26. The van der Waals surface area contributed by atoms with Crippen molar-refractivity contribution in [1.29, 1.82) is 0 Å². The Balaban J connectivity index is 2.59. The molecule has 0 aromatic heterocycles. The highest BCUT2D eigenvalue weighted by Crippen LogP contribution is 2.31. The van der Waals surface area contributed by atoms with E-state index in [1.54, 1.807) is 7.05 Å². The van der Waals surface area contributed by atoms with Gasteiger partial charge in [0, 0.05) is 32.8 Å². The van der Waals surface area contributed by atoms with Crippen molar-refractivity contribution in [3.05, 3.63) is 0 Å². The van der Waals surface area contributed by atoms with E-state index < -0.39 is 0 Å². The van der Waals surface area contributed by atoms with Crippen molar-refractivity contribution in [2.75, 3.05) is 33.8 Å². The lowest BCUT2D eigenvalue weighted by molar-refractivity contribution is -0.122. The van der Waals surface area contributed by atoms with Gasteiger partial charge in [-0.25, -0.2) is 0 Å². The summed E-state index contributed by atoms with van der Waals surface area (Å²) in [4.78, 5) is 18.3. The third-order valence-corrected chi connectivity index (χ3v) is 4.41. The standard InChI is InChI=1S/C19H38N4O2/c1-7-13-25-19(11-9-8-10-12-19)15-21-17(20-5)23(6)14-16(24)22-18(2,3)4/h7-15H2,1-6H3,(H,20,21)(H,22,24). The number of nitrogens with zero attached hydrogens (tertiary/aromatic N) is 2. The van der Waals surface area contributed by atoms with Gasteiger partial charge in [-0.2, -0.15) is 0 Å². The molecule has 0 atom stereocenters. The molecule has 2 N–H and O–H groups in total. The topological polar surface area (TPSA) is 66.0 Å². The molecule has 6 nitrogen and oxygen atoms in total. The Labute approximate surface area is 153 Å². The molecular weight excluding hydrogens is 316 g/mol. The summed E-state index contributed by atoms with van der Waals surface area (Å²) in [6.07, 6.45) is 6.93. The maximum Gasteiger partial charge on any atom is 0.240 e. The van der Waals surface area contributed by atoms with Gasteiger partial charge in [-0.3, -0.25) is 9.79 Å². The van der Waals surface area contributed by atoms with Crippen LogP contribution in [0.4, 0.5) is 0 Å². The van der Waals surface area contributed by atoms with Gasteiger partial charge in [0.15, 0.2) is 5.96 Å². The molecule has 0 spiro atoms. The average molecular weight is 355 g/mol. The Morgan fingerprint density at radius 1 is 1.24 bits per heavy atom. The normalized spacial score (nSPS) is 17.9. The number of nitrogens with one attached hydrogen (secondary N) is 2. The Hall–Kier alpha value is -1.30. The van der Waals surface area contributed by atoms with Crippen LogP contribution in [0.5, 0.6) is 0 Å². The second kappa shape index (κ2) is 10.00. The maximum atomic E-state index is 12.1. The van der Waals surface area contributed by atoms with E-state index in [2.05, 4.69) is 22.5 Å². The number of carbonyl (C=O) groups is 1. The van der Waals surface area contributed by atoms with E-state index in [1.165, 1.54) is 19.3 Å². The van der Waals surface area contributed by atoms with E-state index >= 15 is 0 Å². The van der Waals surface area contributed by atoms with Gasteiger partial charge in [-0.1, -0.05) is 26.2 Å². The van der Waals surface area contributed by atoms with Gasteiger partial charge in [0.05, 0.1) is 12.1 Å². The molecule has 146 valence electrons. The zero-order valence-corrected chi connectivity index (χ0v) is 17.1. The van der Waals surface area contributed by atoms with Crippen LogP contribution >= 0.6 is 0 Å². The molecule has 1 amide bonds. The first-order valence-corrected chi connectivity index (χ1v) is 9.58. The first-order valence-electron chi connectivity index (χ1n) is 9.58. The largest absolute Gasteiger partial charge is 0.373 e. The van der Waals surface area contributed by atoms with Gasteiger partial charge in [0.25, 0.3) is 0 Å². The van der Waals surface area contributed by atoms with E-state index in [-0.39, 0.29) is 23.6 Å². The van der Waals surface area contributed by atoms with Gasteiger partial charge in [-0.05, 0) is 40.0 Å². The molecule has 1 aliphatic rings. The second-order valence-corrected chi connectivity index (χ2v) is 8.15. The van der Waals surface area contributed by atoms with Gasteiger partial charge in [0.1, 0.15) is 0 Å². The zero-order chi connectivity index (χ0) is 18.9. The number of ether oxygens (including phenoxy) is 1. The maximum absolute atomic E-state index is 12.1. The second-order valence-electron chi connectivity index (χ2n) is 8.15. The van der Waals surface area contributed by atoms with Crippen LogP contribution in [0.3, 0.4) is 0 Å². The minimum absolute atomic E-state index is 0.00689. The molecule has 0 bridgehead atoms. The molecule has 0 aliphatic heterocycles. The molecule has 1 aliphatic carbocycles. The third kappa shape index (κ3) is 8.08. The van der Waals surface area contributed by atoms with E-state index in [0.29, 0.717) is 0 Å². The van der Waals surface area contributed by atoms with Crippen molar-refractivity contribution in [3.63, 3.8) is 0 Å². The molecule has 0 aromatic carbocycles. The summed E-state index contributed by atoms with van der Waals surface area (Å²) in [7, 11) is 3.64. The van der Waals surface area contributed by atoms with Crippen molar-refractivity contribution >= 4 is 11.9 Å². The number of amides is 1. The van der Waals surface area contributed by atoms with Gasteiger partial charge < -0.3 is 20.3 Å². The smallest absolute Gasteiger partial charge is 0.240 e. The first-order chi connectivity index (χ1) is 11.7. The Bertz CT molecular complexity index is 437. The number of aliphatic imine (C=N–C) groups is 1. The first kappa shape index (κ1) is 21.7. The van der Waals surface area contributed by atoms with Crippen molar-refractivity contribution in [3.8, 4) is 0 Å². The van der Waals surface area contributed by atoms with Crippen LogP contribution in [0.15, 0.2) is 4.99 Å². The number of hydrogen-bond donors (Lipinski definition) is 2. The molecular formula is C19H38N4O2. The van der Waals surface area contributed by atoms with E-state index in [0.717, 1.165) is 38.4 Å². The lowest BCUT2D eigenvalue weighted by Crippen LogP contribution is -2.52. The van der Waals surface area contributed by atoms with Crippen LogP contribution in [0.2, 0.25) is 0 Å². The Morgan fingerprint density at radius 2 is 1.88 bits per heavy atom. The lowest BCUT2D eigenvalue weighted by Gasteiger charge is -2.38. The van der Waals surface area contributed by atoms with Crippen LogP contribution < -0.4 is 10.6 Å². The molecule has 0 unspecified atom stereocenters. The fraction of sp³-hybridized carbons (Fsp3) is 0.895. The fourth-order valence-corrected chi connectivity index (χ4v) is 3.26. The monoisotopic (exact) mass is 354 g/mol. The van der Waals surface area contributed by atoms with E-state index in [1.807, 2.05) is 32.7 Å². The summed E-state index contributed by atoms with van der Waals surface area (Å²) in [5, 5.41) is 6.41. The minimum atomic E-state index is -0.227. The molecule has 1 saturated carbocycles. The molecule has 6 heteroatoms. The summed E-state index contributed by atoms with van der Waals surface area (Å²) in [5.41, 5.74) is -0.326. The van der Waals surface area contributed by atoms with Crippen molar-refractivity contribution < 1.29 is 9.53 Å². The summed E-state index contributed by atoms with van der Waals surface area (Å²) in [6, 6.07) is 0. The van der Waals surface area contributed by atoms with Gasteiger partial charge in [-0.15, -0.1) is 0 Å². The highest BCUT2D eigenvalue weighted by atomic mass is 16.5. The van der Waals surface area contributed by atoms with Crippen LogP contribution in [-0.2, 0) is 9.53 Å². The lowest BCUT2D eigenvalue weighted by atomic mass is 9.84. The van der Waals surface area contributed by atoms with E-state index in [9.17, 15) is 4.79 Å². The summed E-state index contributed by atoms with van der Waals surface area (Å²) in [6.45, 7) is 9.90. The molecule has 25 heavy (non-hydrogen) atoms. The Kier molecular flexibility index (Phi) is 8.69. The summed E-state index contributed by atoms with van der Waals surface area (Å²) >= 11 is 0. The van der Waals surface area contributed by atoms with Crippen LogP contribution in [-0.4, -0.2) is 61.7 Å². The predicted octanol–water partition coefficient (Wildman–Crippen LogP) is 2.54. The van der Waals surface area contributed by atoms with Crippen LogP contribution in [0.1, 0.15) is 66.2 Å².